The number of ether oxygens (including phenoxy) is 2. The van der Waals surface area contributed by atoms with E-state index in [-0.39, 0.29) is 0 Å². The fraction of sp³-hybridized carbons (Fsp3) is 0.458. The Morgan fingerprint density at radius 3 is 2.55 bits per heavy atom. The number of rotatable bonds is 4. The predicted octanol–water partition coefficient (Wildman–Crippen LogP) is 4.11. The number of nitrogens with one attached hydrogen (secondary N) is 1. The highest BCUT2D eigenvalue weighted by atomic mass is 16.6. The summed E-state index contributed by atoms with van der Waals surface area (Å²) in [5, 5.41) is 13.8. The minimum absolute atomic E-state index is 0.378. The number of hydrogen-bond donors (Lipinski definition) is 1. The van der Waals surface area contributed by atoms with Gasteiger partial charge in [-0.3, -0.25) is 0 Å². The Bertz CT molecular complexity index is 953. The lowest BCUT2D eigenvalue weighted by Crippen LogP contribution is -2.46. The van der Waals surface area contributed by atoms with E-state index in [0.29, 0.717) is 24.8 Å². The van der Waals surface area contributed by atoms with Gasteiger partial charge in [-0.15, -0.1) is 0 Å². The third kappa shape index (κ3) is 3.65. The van der Waals surface area contributed by atoms with E-state index in [1.165, 1.54) is 12.8 Å². The third-order valence-electron chi connectivity index (χ3n) is 6.40. The summed E-state index contributed by atoms with van der Waals surface area (Å²) in [5.74, 6) is 1.53. The normalized spacial score (nSPS) is 20.2. The van der Waals surface area contributed by atoms with Gasteiger partial charge in [0.15, 0.2) is 11.5 Å². The van der Waals surface area contributed by atoms with Gasteiger partial charge >= 0.3 is 0 Å². The summed E-state index contributed by atoms with van der Waals surface area (Å²) in [5.41, 5.74) is 4.10. The maximum Gasteiger partial charge on any atom is 0.161 e. The van der Waals surface area contributed by atoms with Crippen molar-refractivity contribution in [2.75, 3.05) is 31.2 Å². The van der Waals surface area contributed by atoms with E-state index >= 15 is 0 Å². The van der Waals surface area contributed by atoms with E-state index in [4.69, 9.17) is 9.47 Å². The van der Waals surface area contributed by atoms with E-state index < -0.39 is 0 Å². The fourth-order valence-electron chi connectivity index (χ4n) is 4.46. The molecule has 0 radical (unpaired) electrons. The second-order valence-electron chi connectivity index (χ2n) is 8.64. The lowest BCUT2D eigenvalue weighted by atomic mass is 9.96. The summed E-state index contributed by atoms with van der Waals surface area (Å²) in [6, 6.07) is 15.2. The molecule has 1 aliphatic carbocycles. The number of nitriles is 1. The molecule has 1 saturated carbocycles. The first-order valence-electron chi connectivity index (χ1n) is 10.6. The highest BCUT2D eigenvalue weighted by Crippen LogP contribution is 2.39. The summed E-state index contributed by atoms with van der Waals surface area (Å²) < 4.78 is 11.4. The largest absolute Gasteiger partial charge is 0.486 e. The predicted molar refractivity (Wildman–Crippen MR) is 114 cm³/mol. The van der Waals surface area contributed by atoms with Gasteiger partial charge in [-0.05, 0) is 56.4 Å². The number of anilines is 1. The van der Waals surface area contributed by atoms with Crippen molar-refractivity contribution in [1.29, 1.82) is 5.26 Å². The number of hydrogen-bond acceptors (Lipinski definition) is 5. The van der Waals surface area contributed by atoms with E-state index in [2.05, 4.69) is 35.3 Å². The first-order chi connectivity index (χ1) is 14.1. The lowest BCUT2D eigenvalue weighted by molar-refractivity contribution is 0.171. The molecular formula is C24H27N3O2. The van der Waals surface area contributed by atoms with Gasteiger partial charge in [-0.1, -0.05) is 18.2 Å². The molecular weight excluding hydrogens is 362 g/mol. The molecule has 0 spiro atoms. The lowest BCUT2D eigenvalue weighted by Gasteiger charge is -2.36. The fourth-order valence-corrected chi connectivity index (χ4v) is 4.46. The van der Waals surface area contributed by atoms with Crippen molar-refractivity contribution in [2.45, 2.75) is 44.2 Å². The molecule has 0 bridgehead atoms. The number of benzene rings is 2. The van der Waals surface area contributed by atoms with Gasteiger partial charge < -0.3 is 19.7 Å². The Morgan fingerprint density at radius 2 is 1.83 bits per heavy atom. The van der Waals surface area contributed by atoms with Crippen LogP contribution < -0.4 is 19.7 Å². The van der Waals surface area contributed by atoms with Gasteiger partial charge in [0.2, 0.25) is 0 Å². The van der Waals surface area contributed by atoms with Crippen LogP contribution in [0.25, 0.3) is 11.1 Å². The van der Waals surface area contributed by atoms with Crippen LogP contribution in [0.15, 0.2) is 36.4 Å². The van der Waals surface area contributed by atoms with Crippen molar-refractivity contribution < 1.29 is 9.47 Å². The van der Waals surface area contributed by atoms with Crippen LogP contribution in [0.3, 0.4) is 0 Å². The SMILES string of the molecule is CC1(NC2CCN(c3cccc(-c4ccc5c(c4)OCCO5)c3C#N)CC2)CC1. The van der Waals surface area contributed by atoms with Gasteiger partial charge in [-0.25, -0.2) is 0 Å². The van der Waals surface area contributed by atoms with Gasteiger partial charge in [0, 0.05) is 30.2 Å². The summed E-state index contributed by atoms with van der Waals surface area (Å²) in [6.45, 7) is 5.42. The van der Waals surface area contributed by atoms with Crippen LogP contribution in [0.5, 0.6) is 11.5 Å². The van der Waals surface area contributed by atoms with Crippen molar-refractivity contribution >= 4 is 5.69 Å². The van der Waals surface area contributed by atoms with E-state index in [0.717, 1.165) is 59.8 Å². The topological polar surface area (TPSA) is 57.5 Å². The average molecular weight is 389 g/mol. The Kier molecular flexibility index (Phi) is 4.60. The third-order valence-corrected chi connectivity index (χ3v) is 6.40. The van der Waals surface area contributed by atoms with E-state index in [1.54, 1.807) is 0 Å². The van der Waals surface area contributed by atoms with Crippen LogP contribution in [0.1, 0.15) is 38.2 Å². The molecule has 2 aromatic carbocycles. The first kappa shape index (κ1) is 18.3. The molecule has 1 N–H and O–H groups in total. The Morgan fingerprint density at radius 1 is 1.07 bits per heavy atom. The smallest absolute Gasteiger partial charge is 0.161 e. The van der Waals surface area contributed by atoms with Crippen molar-refractivity contribution in [1.82, 2.24) is 5.32 Å². The molecule has 5 rings (SSSR count). The second kappa shape index (κ2) is 7.27. The zero-order valence-electron chi connectivity index (χ0n) is 16.9. The average Bonchev–Trinajstić information content (AvgIpc) is 3.49. The van der Waals surface area contributed by atoms with E-state index in [1.807, 2.05) is 24.3 Å². The van der Waals surface area contributed by atoms with Crippen LogP contribution in [0, 0.1) is 11.3 Å². The van der Waals surface area contributed by atoms with Crippen molar-refractivity contribution in [3.05, 3.63) is 42.0 Å². The zero-order chi connectivity index (χ0) is 19.8. The minimum atomic E-state index is 0.378. The monoisotopic (exact) mass is 389 g/mol. The maximum absolute atomic E-state index is 10.00. The second-order valence-corrected chi connectivity index (χ2v) is 8.64. The number of nitrogens with zero attached hydrogens (tertiary/aromatic N) is 2. The Balaban J connectivity index is 1.39. The first-order valence-corrected chi connectivity index (χ1v) is 10.6. The van der Waals surface area contributed by atoms with Crippen LogP contribution in [0.4, 0.5) is 5.69 Å². The molecule has 0 atom stereocenters. The quantitative estimate of drug-likeness (QED) is 0.853. The highest BCUT2D eigenvalue weighted by molar-refractivity contribution is 5.79. The Labute approximate surface area is 172 Å². The van der Waals surface area contributed by atoms with Gasteiger partial charge in [0.25, 0.3) is 0 Å². The van der Waals surface area contributed by atoms with Gasteiger partial charge in [0.05, 0.1) is 11.3 Å². The molecule has 0 unspecified atom stereocenters. The minimum Gasteiger partial charge on any atom is -0.486 e. The summed E-state index contributed by atoms with van der Waals surface area (Å²) in [4.78, 5) is 2.37. The van der Waals surface area contributed by atoms with Crippen molar-refractivity contribution in [3.8, 4) is 28.7 Å². The summed E-state index contributed by atoms with van der Waals surface area (Å²) in [6.07, 6.45) is 4.83. The maximum atomic E-state index is 10.00. The van der Waals surface area contributed by atoms with Gasteiger partial charge in [-0.2, -0.15) is 5.26 Å². The van der Waals surface area contributed by atoms with Gasteiger partial charge in [0.1, 0.15) is 19.3 Å². The molecule has 5 nitrogen and oxygen atoms in total. The molecule has 2 fully saturated rings. The highest BCUT2D eigenvalue weighted by Gasteiger charge is 2.39. The molecule has 1 saturated heterocycles. The molecule has 2 heterocycles. The molecule has 2 aromatic rings. The number of fused-ring (bicyclic) bond motifs is 1. The molecule has 0 amide bonds. The molecule has 0 aromatic heterocycles. The van der Waals surface area contributed by atoms with Crippen molar-refractivity contribution in [3.63, 3.8) is 0 Å². The molecule has 150 valence electrons. The van der Waals surface area contributed by atoms with E-state index in [9.17, 15) is 5.26 Å². The Hall–Kier alpha value is -2.71. The van der Waals surface area contributed by atoms with Crippen LogP contribution in [-0.4, -0.2) is 37.9 Å². The zero-order valence-corrected chi connectivity index (χ0v) is 16.9. The standard InChI is InChI=1S/C24H27N3O2/c1-24(9-10-24)26-18-7-11-27(12-8-18)21-4-2-3-19(20(21)16-25)17-5-6-22-23(15-17)29-14-13-28-22/h2-6,15,18,26H,7-14H2,1H3. The summed E-state index contributed by atoms with van der Waals surface area (Å²) in [7, 11) is 0. The molecule has 3 aliphatic rings. The molecule has 29 heavy (non-hydrogen) atoms. The van der Waals surface area contributed by atoms with Crippen LogP contribution in [0.2, 0.25) is 0 Å². The summed E-state index contributed by atoms with van der Waals surface area (Å²) >= 11 is 0. The molecule has 5 heteroatoms. The van der Waals surface area contributed by atoms with Crippen molar-refractivity contribution in [2.24, 2.45) is 0 Å². The van der Waals surface area contributed by atoms with Crippen LogP contribution >= 0.6 is 0 Å². The number of piperidine rings is 1. The van der Waals surface area contributed by atoms with Crippen LogP contribution in [-0.2, 0) is 0 Å². The molecule has 2 aliphatic heterocycles.